The third-order valence-electron chi connectivity index (χ3n) is 5.88. The molecule has 1 amide bonds. The van der Waals surface area contributed by atoms with Crippen molar-refractivity contribution >= 4 is 32.9 Å². The van der Waals surface area contributed by atoms with Gasteiger partial charge in [0.1, 0.15) is 11.6 Å². The maximum Gasteiger partial charge on any atom is 0.251 e. The van der Waals surface area contributed by atoms with Gasteiger partial charge in [-0.1, -0.05) is 46.3 Å². The van der Waals surface area contributed by atoms with Gasteiger partial charge in [0.2, 0.25) is 0 Å². The molecule has 0 aliphatic rings. The number of hydrogen-bond acceptors (Lipinski definition) is 3. The van der Waals surface area contributed by atoms with Crippen molar-refractivity contribution in [3.63, 3.8) is 0 Å². The Bertz CT molecular complexity index is 1300. The summed E-state index contributed by atoms with van der Waals surface area (Å²) < 4.78 is 9.13. The summed E-state index contributed by atoms with van der Waals surface area (Å²) in [5, 5.41) is 3.11. The number of ether oxygens (including phenoxy) is 1. The second kappa shape index (κ2) is 10.9. The lowest BCUT2D eigenvalue weighted by Crippen LogP contribution is -2.28. The first-order valence-corrected chi connectivity index (χ1v) is 12.4. The van der Waals surface area contributed by atoms with E-state index in [0.29, 0.717) is 12.2 Å². The molecule has 1 N–H and O–H groups in total. The molecule has 0 bridgehead atoms. The number of nitrogens with one attached hydrogen (secondary N) is 1. The van der Waals surface area contributed by atoms with Crippen LogP contribution < -0.4 is 10.1 Å². The summed E-state index contributed by atoms with van der Waals surface area (Å²) in [5.74, 6) is 1.70. The number of amides is 1. The first kappa shape index (κ1) is 24.0. The molecule has 0 fully saturated rings. The number of hydrogen-bond donors (Lipinski definition) is 1. The van der Waals surface area contributed by atoms with Crippen LogP contribution in [0.4, 0.5) is 0 Å². The number of aromatic nitrogens is 2. The van der Waals surface area contributed by atoms with Gasteiger partial charge < -0.3 is 14.6 Å². The van der Waals surface area contributed by atoms with Crippen molar-refractivity contribution in [2.75, 3.05) is 6.61 Å². The molecule has 0 radical (unpaired) electrons. The number of halogens is 1. The largest absolute Gasteiger partial charge is 0.493 e. The maximum atomic E-state index is 12.8. The Morgan fingerprint density at radius 2 is 1.88 bits per heavy atom. The summed E-state index contributed by atoms with van der Waals surface area (Å²) in [6.07, 6.45) is 1.88. The normalized spacial score (nSPS) is 12.0. The third-order valence-corrected chi connectivity index (χ3v) is 6.38. The quantitative estimate of drug-likeness (QED) is 0.248. The Labute approximate surface area is 209 Å². The number of imidazole rings is 1. The van der Waals surface area contributed by atoms with Crippen LogP contribution in [0.2, 0.25) is 0 Å². The summed E-state index contributed by atoms with van der Waals surface area (Å²) in [7, 11) is 0. The highest BCUT2D eigenvalue weighted by Crippen LogP contribution is 2.23. The van der Waals surface area contributed by atoms with Gasteiger partial charge in [-0.05, 0) is 81.1 Å². The molecular formula is C28H30BrN3O2. The minimum Gasteiger partial charge on any atom is -0.493 e. The van der Waals surface area contributed by atoms with Crippen LogP contribution in [0.3, 0.4) is 0 Å². The predicted molar refractivity (Wildman–Crippen MR) is 140 cm³/mol. The van der Waals surface area contributed by atoms with Gasteiger partial charge in [-0.3, -0.25) is 4.79 Å². The van der Waals surface area contributed by atoms with Crippen LogP contribution in [0.5, 0.6) is 5.75 Å². The van der Waals surface area contributed by atoms with Gasteiger partial charge in [-0.2, -0.15) is 0 Å². The number of carbonyl (C=O) groups is 1. The molecular weight excluding hydrogens is 490 g/mol. The van der Waals surface area contributed by atoms with E-state index in [9.17, 15) is 4.79 Å². The van der Waals surface area contributed by atoms with Crippen LogP contribution in [0.1, 0.15) is 53.1 Å². The van der Waals surface area contributed by atoms with E-state index in [1.54, 1.807) is 0 Å². The van der Waals surface area contributed by atoms with Crippen LogP contribution in [-0.2, 0) is 6.54 Å². The summed E-state index contributed by atoms with van der Waals surface area (Å²) in [4.78, 5) is 17.7. The molecule has 1 unspecified atom stereocenters. The average Bonchev–Trinajstić information content (AvgIpc) is 3.20. The Balaban J connectivity index is 1.43. The highest BCUT2D eigenvalue weighted by Gasteiger charge is 2.19. The fraction of sp³-hybridized carbons (Fsp3) is 0.286. The van der Waals surface area contributed by atoms with E-state index in [1.807, 2.05) is 49.4 Å². The molecule has 3 aromatic carbocycles. The standard InChI is InChI=1S/C28H30BrN3O2/c1-19-13-14-20(2)26(17-19)34-16-7-6-15-32-25-12-5-4-11-24(25)31-27(32)21(3)30-28(33)22-9-8-10-23(29)18-22/h4-5,8-14,17-18,21H,6-7,15-16H2,1-3H3,(H,30,33). The zero-order chi connectivity index (χ0) is 24.1. The van der Waals surface area contributed by atoms with Crippen LogP contribution in [0.15, 0.2) is 71.2 Å². The lowest BCUT2D eigenvalue weighted by Gasteiger charge is -2.17. The van der Waals surface area contributed by atoms with Crippen molar-refractivity contribution in [3.05, 3.63) is 93.7 Å². The van der Waals surface area contributed by atoms with Crippen molar-refractivity contribution < 1.29 is 9.53 Å². The molecule has 0 saturated heterocycles. The van der Waals surface area contributed by atoms with Gasteiger partial charge in [-0.15, -0.1) is 0 Å². The minimum atomic E-state index is -0.231. The molecule has 1 heterocycles. The molecule has 1 aromatic heterocycles. The number of carbonyl (C=O) groups excluding carboxylic acids is 1. The molecule has 6 heteroatoms. The number of fused-ring (bicyclic) bond motifs is 1. The lowest BCUT2D eigenvalue weighted by atomic mass is 10.1. The summed E-state index contributed by atoms with van der Waals surface area (Å²) in [6, 6.07) is 21.6. The van der Waals surface area contributed by atoms with Crippen LogP contribution in [-0.4, -0.2) is 22.1 Å². The Morgan fingerprint density at radius 1 is 1.06 bits per heavy atom. The second-order valence-electron chi connectivity index (χ2n) is 8.64. The number of aryl methyl sites for hydroxylation is 3. The third kappa shape index (κ3) is 5.68. The van der Waals surface area contributed by atoms with Gasteiger partial charge in [-0.25, -0.2) is 4.98 Å². The van der Waals surface area contributed by atoms with Crippen molar-refractivity contribution in [1.29, 1.82) is 0 Å². The molecule has 4 aromatic rings. The van der Waals surface area contributed by atoms with E-state index in [0.717, 1.165) is 52.0 Å². The zero-order valence-electron chi connectivity index (χ0n) is 19.8. The first-order chi connectivity index (χ1) is 16.4. The topological polar surface area (TPSA) is 56.1 Å². The fourth-order valence-corrected chi connectivity index (χ4v) is 4.45. The molecule has 34 heavy (non-hydrogen) atoms. The number of rotatable bonds is 9. The Hall–Kier alpha value is -3.12. The smallest absolute Gasteiger partial charge is 0.251 e. The SMILES string of the molecule is Cc1ccc(C)c(OCCCCn2c(C(C)NC(=O)c3cccc(Br)c3)nc3ccccc32)c1. The molecule has 0 aliphatic heterocycles. The van der Waals surface area contributed by atoms with Crippen LogP contribution >= 0.6 is 15.9 Å². The van der Waals surface area contributed by atoms with Crippen molar-refractivity contribution in [2.24, 2.45) is 0 Å². The van der Waals surface area contributed by atoms with Gasteiger partial charge in [0.05, 0.1) is 23.7 Å². The van der Waals surface area contributed by atoms with E-state index in [-0.39, 0.29) is 11.9 Å². The number of unbranched alkanes of at least 4 members (excludes halogenated alkanes) is 1. The van der Waals surface area contributed by atoms with Gasteiger partial charge in [0.25, 0.3) is 5.91 Å². The highest BCUT2D eigenvalue weighted by molar-refractivity contribution is 9.10. The maximum absolute atomic E-state index is 12.8. The van der Waals surface area contributed by atoms with Crippen LogP contribution in [0.25, 0.3) is 11.0 Å². The van der Waals surface area contributed by atoms with Gasteiger partial charge in [0.15, 0.2) is 0 Å². The summed E-state index contributed by atoms with van der Waals surface area (Å²) >= 11 is 3.43. The Morgan fingerprint density at radius 3 is 2.71 bits per heavy atom. The lowest BCUT2D eigenvalue weighted by molar-refractivity contribution is 0.0937. The van der Waals surface area contributed by atoms with E-state index >= 15 is 0 Å². The van der Waals surface area contributed by atoms with E-state index < -0.39 is 0 Å². The predicted octanol–water partition coefficient (Wildman–Crippen LogP) is 6.77. The van der Waals surface area contributed by atoms with E-state index in [2.05, 4.69) is 63.9 Å². The Kier molecular flexibility index (Phi) is 7.68. The first-order valence-electron chi connectivity index (χ1n) is 11.6. The number of benzene rings is 3. The monoisotopic (exact) mass is 519 g/mol. The average molecular weight is 520 g/mol. The van der Waals surface area contributed by atoms with Crippen molar-refractivity contribution in [3.8, 4) is 5.75 Å². The molecule has 4 rings (SSSR count). The zero-order valence-corrected chi connectivity index (χ0v) is 21.4. The molecule has 5 nitrogen and oxygen atoms in total. The molecule has 176 valence electrons. The second-order valence-corrected chi connectivity index (χ2v) is 9.56. The molecule has 0 spiro atoms. The number of para-hydroxylation sites is 2. The molecule has 1 atom stereocenters. The highest BCUT2D eigenvalue weighted by atomic mass is 79.9. The van der Waals surface area contributed by atoms with Gasteiger partial charge in [0, 0.05) is 16.6 Å². The fourth-order valence-electron chi connectivity index (χ4n) is 4.05. The molecule has 0 aliphatic carbocycles. The minimum absolute atomic E-state index is 0.116. The molecule has 0 saturated carbocycles. The van der Waals surface area contributed by atoms with Gasteiger partial charge >= 0.3 is 0 Å². The summed E-state index contributed by atoms with van der Waals surface area (Å²) in [5.41, 5.74) is 4.99. The van der Waals surface area contributed by atoms with Crippen LogP contribution in [0, 0.1) is 13.8 Å². The van der Waals surface area contributed by atoms with Crippen molar-refractivity contribution in [2.45, 2.75) is 46.2 Å². The van der Waals surface area contributed by atoms with E-state index in [1.165, 1.54) is 5.56 Å². The van der Waals surface area contributed by atoms with E-state index in [4.69, 9.17) is 9.72 Å². The number of nitrogens with zero attached hydrogens (tertiary/aromatic N) is 2. The summed E-state index contributed by atoms with van der Waals surface area (Å²) in [6.45, 7) is 7.61. The van der Waals surface area contributed by atoms with Crippen molar-refractivity contribution in [1.82, 2.24) is 14.9 Å².